The summed E-state index contributed by atoms with van der Waals surface area (Å²) < 4.78 is 36.7. The molecule has 2 aromatic carbocycles. The monoisotopic (exact) mass is 577 g/mol. The first-order valence-corrected chi connectivity index (χ1v) is 16.0. The summed E-state index contributed by atoms with van der Waals surface area (Å²) in [7, 11) is -4.17. The van der Waals surface area contributed by atoms with Crippen molar-refractivity contribution in [3.63, 3.8) is 0 Å². The van der Waals surface area contributed by atoms with Crippen LogP contribution in [0.15, 0.2) is 82.3 Å². The molecular formula is C29H34N2NaO3S3+. The van der Waals surface area contributed by atoms with E-state index in [9.17, 15) is 13.0 Å². The number of thioether (sulfide) groups is 1. The molecule has 0 saturated carbocycles. The molecule has 9 heteroatoms. The summed E-state index contributed by atoms with van der Waals surface area (Å²) in [5.74, 6) is -0.311. The van der Waals surface area contributed by atoms with Gasteiger partial charge in [-0.2, -0.15) is 4.57 Å². The SMILES string of the molecule is CCCCC[n+]1c(/C=C/C(C)=C/C=C2\Sc3ccccc3N2CCCCS(=O)(=O)[O-])sc2ccccc21.[Na+]. The van der Waals surface area contributed by atoms with Gasteiger partial charge in [-0.25, -0.2) is 8.42 Å². The zero-order valence-corrected chi connectivity index (χ0v) is 26.9. The Hall–Kier alpha value is -1.39. The van der Waals surface area contributed by atoms with Crippen LogP contribution < -0.4 is 39.0 Å². The molecule has 1 aliphatic rings. The predicted molar refractivity (Wildman–Crippen MR) is 156 cm³/mol. The number of para-hydroxylation sites is 2. The number of allylic oxidation sites excluding steroid dienone is 4. The van der Waals surface area contributed by atoms with Crippen LogP contribution >= 0.6 is 23.1 Å². The summed E-state index contributed by atoms with van der Waals surface area (Å²) in [6, 6.07) is 16.8. The second-order valence-electron chi connectivity index (χ2n) is 9.21. The van der Waals surface area contributed by atoms with Crippen molar-refractivity contribution >= 4 is 55.2 Å². The summed E-state index contributed by atoms with van der Waals surface area (Å²) in [6.45, 7) is 6.05. The molecule has 0 amide bonds. The number of aromatic nitrogens is 1. The van der Waals surface area contributed by atoms with Gasteiger partial charge in [0.15, 0.2) is 6.54 Å². The minimum absolute atomic E-state index is 0. The first kappa shape index (κ1) is 31.1. The van der Waals surface area contributed by atoms with Gasteiger partial charge in [0.1, 0.15) is 4.70 Å². The van der Waals surface area contributed by atoms with Crippen molar-refractivity contribution in [2.45, 2.75) is 57.4 Å². The molecule has 0 atom stereocenters. The van der Waals surface area contributed by atoms with E-state index in [4.69, 9.17) is 0 Å². The van der Waals surface area contributed by atoms with E-state index in [2.05, 4.69) is 84.0 Å². The average Bonchev–Trinajstić information content (AvgIpc) is 3.41. The maximum atomic E-state index is 11.0. The Bertz CT molecular complexity index is 1430. The molecule has 1 aliphatic heterocycles. The number of fused-ring (bicyclic) bond motifs is 2. The van der Waals surface area contributed by atoms with Crippen molar-refractivity contribution < 1.29 is 47.1 Å². The Morgan fingerprint density at radius 2 is 1.82 bits per heavy atom. The molecule has 5 nitrogen and oxygen atoms in total. The van der Waals surface area contributed by atoms with Crippen molar-refractivity contribution in [2.24, 2.45) is 0 Å². The fourth-order valence-corrected chi connectivity index (χ4v) is 7.08. The molecule has 0 unspecified atom stereocenters. The third kappa shape index (κ3) is 8.55. The van der Waals surface area contributed by atoms with Gasteiger partial charge >= 0.3 is 29.6 Å². The minimum Gasteiger partial charge on any atom is -0.748 e. The van der Waals surface area contributed by atoms with Gasteiger partial charge in [-0.3, -0.25) is 0 Å². The fourth-order valence-electron chi connectivity index (χ4n) is 4.34. The summed E-state index contributed by atoms with van der Waals surface area (Å²) in [4.78, 5) is 3.41. The number of unbranched alkanes of at least 4 members (excludes halogenated alkanes) is 3. The van der Waals surface area contributed by atoms with Gasteiger partial charge in [0, 0.05) is 35.8 Å². The summed E-state index contributed by atoms with van der Waals surface area (Å²) in [5.41, 5.74) is 3.58. The van der Waals surface area contributed by atoms with Crippen LogP contribution in [0.2, 0.25) is 0 Å². The van der Waals surface area contributed by atoms with Gasteiger partial charge in [0.05, 0.1) is 20.8 Å². The first-order chi connectivity index (χ1) is 17.9. The van der Waals surface area contributed by atoms with Crippen LogP contribution in [-0.2, 0) is 16.7 Å². The van der Waals surface area contributed by atoms with Crippen LogP contribution in [0.1, 0.15) is 51.0 Å². The van der Waals surface area contributed by atoms with Gasteiger partial charge in [0.25, 0.3) is 5.01 Å². The largest absolute Gasteiger partial charge is 1.00 e. The van der Waals surface area contributed by atoms with E-state index in [0.717, 1.165) is 22.8 Å². The average molecular weight is 578 g/mol. The van der Waals surface area contributed by atoms with E-state index in [1.54, 1.807) is 11.8 Å². The van der Waals surface area contributed by atoms with Crippen LogP contribution in [0.25, 0.3) is 16.3 Å². The standard InChI is InChI=1S/C29H34N2O3S3.Na/c1-3-4-9-20-30-24-12-5-7-14-26(24)35-28(30)18-16-23(2)17-19-29-31(21-10-11-22-37(32,33)34)25-13-6-8-15-27(25)36-29;/h5-8,12-19H,3-4,9-11,20-22H2,1-2H3;/q;+1. The fraction of sp³-hybridized carbons (Fsp3) is 0.345. The predicted octanol–water partition coefficient (Wildman–Crippen LogP) is 4.12. The number of rotatable bonds is 12. The number of anilines is 1. The van der Waals surface area contributed by atoms with Gasteiger partial charge in [-0.15, -0.1) is 0 Å². The van der Waals surface area contributed by atoms with E-state index in [1.165, 1.54) is 39.4 Å². The summed E-state index contributed by atoms with van der Waals surface area (Å²) >= 11 is 3.55. The topological polar surface area (TPSA) is 64.3 Å². The molecule has 4 rings (SSSR count). The zero-order valence-electron chi connectivity index (χ0n) is 22.4. The molecule has 0 fully saturated rings. The number of benzene rings is 2. The van der Waals surface area contributed by atoms with Crippen molar-refractivity contribution in [3.8, 4) is 0 Å². The number of hydrogen-bond acceptors (Lipinski definition) is 6. The maximum absolute atomic E-state index is 11.0. The number of thiazole rings is 1. The van der Waals surface area contributed by atoms with E-state index in [-0.39, 0.29) is 35.3 Å². The molecular weight excluding hydrogens is 544 g/mol. The van der Waals surface area contributed by atoms with E-state index in [1.807, 2.05) is 23.5 Å². The number of nitrogens with zero attached hydrogens (tertiary/aromatic N) is 2. The van der Waals surface area contributed by atoms with E-state index >= 15 is 0 Å². The number of hydrogen-bond donors (Lipinski definition) is 0. The van der Waals surface area contributed by atoms with Crippen LogP contribution in [0.4, 0.5) is 5.69 Å². The Kier molecular flexibility index (Phi) is 12.2. The summed E-state index contributed by atoms with van der Waals surface area (Å²) in [6.07, 6.45) is 13.3. The smallest absolute Gasteiger partial charge is 0.748 e. The first-order valence-electron chi connectivity index (χ1n) is 12.8. The molecule has 0 saturated heterocycles. The molecule has 1 aromatic heterocycles. The quantitative estimate of drug-likeness (QED) is 0.107. The summed E-state index contributed by atoms with van der Waals surface area (Å²) in [5, 5.41) is 2.37. The zero-order chi connectivity index (χ0) is 26.3. The molecule has 0 bridgehead atoms. The third-order valence-electron chi connectivity index (χ3n) is 6.26. The molecule has 0 aliphatic carbocycles. The maximum Gasteiger partial charge on any atom is 1.00 e. The van der Waals surface area contributed by atoms with E-state index < -0.39 is 10.1 Å². The van der Waals surface area contributed by atoms with Crippen molar-refractivity contribution in [1.29, 1.82) is 0 Å². The molecule has 0 spiro atoms. The molecule has 0 radical (unpaired) electrons. The van der Waals surface area contributed by atoms with Crippen molar-refractivity contribution in [1.82, 2.24) is 0 Å². The molecule has 38 heavy (non-hydrogen) atoms. The van der Waals surface area contributed by atoms with Gasteiger partial charge in [0.2, 0.25) is 5.52 Å². The molecule has 0 N–H and O–H groups in total. The van der Waals surface area contributed by atoms with Gasteiger partial charge < -0.3 is 9.45 Å². The second-order valence-corrected chi connectivity index (χ2v) is 12.9. The van der Waals surface area contributed by atoms with Gasteiger partial charge in [-0.1, -0.05) is 78.4 Å². The minimum atomic E-state index is -4.17. The number of aryl methyl sites for hydroxylation is 1. The Balaban J connectivity index is 0.00000400. The van der Waals surface area contributed by atoms with Crippen molar-refractivity contribution in [2.75, 3.05) is 17.2 Å². The van der Waals surface area contributed by atoms with Crippen LogP contribution in [-0.4, -0.2) is 25.3 Å². The Morgan fingerprint density at radius 1 is 1.05 bits per heavy atom. The van der Waals surface area contributed by atoms with Gasteiger partial charge in [-0.05, 0) is 50.5 Å². The normalized spacial score (nSPS) is 15.0. The Morgan fingerprint density at radius 3 is 2.61 bits per heavy atom. The van der Waals surface area contributed by atoms with Crippen molar-refractivity contribution in [3.05, 3.63) is 82.4 Å². The van der Waals surface area contributed by atoms with E-state index in [0.29, 0.717) is 19.4 Å². The Labute approximate surface area is 257 Å². The third-order valence-corrected chi connectivity index (χ3v) is 9.31. The van der Waals surface area contributed by atoms with Crippen LogP contribution in [0.5, 0.6) is 0 Å². The van der Waals surface area contributed by atoms with Crippen LogP contribution in [0, 0.1) is 0 Å². The molecule has 2 heterocycles. The molecule has 3 aromatic rings. The van der Waals surface area contributed by atoms with Crippen LogP contribution in [0.3, 0.4) is 0 Å². The molecule has 196 valence electrons. The second kappa shape index (κ2) is 14.8.